The van der Waals surface area contributed by atoms with E-state index in [-0.39, 0.29) is 30.8 Å². The molecule has 4 heterocycles. The molecule has 5 rings (SSSR count). The molecular formula is C22H20N4O4. The number of carbonyl (C=O) groups is 3. The van der Waals surface area contributed by atoms with Crippen LogP contribution in [0.2, 0.25) is 0 Å². The number of nitrogens with zero attached hydrogens (tertiary/aromatic N) is 3. The van der Waals surface area contributed by atoms with E-state index in [1.807, 2.05) is 6.07 Å². The number of nitrogens with one attached hydrogen (secondary N) is 1. The van der Waals surface area contributed by atoms with Gasteiger partial charge in [-0.1, -0.05) is 0 Å². The van der Waals surface area contributed by atoms with Gasteiger partial charge in [0.15, 0.2) is 0 Å². The molecule has 0 bridgehead atoms. The standard InChI is InChI=1S/C22H20N4O4/c1-24-8-2-4-17(24)22(29)25-9-10-26-18(13-25)20(27)23-16-7-6-14(12-15(16)21(26)28)19-5-3-11-30-19/h2-8,11-12,18H,9-10,13H2,1H3,(H,23,27)/t18-/m0/s1. The first kappa shape index (κ1) is 18.2. The Labute approximate surface area is 172 Å². The summed E-state index contributed by atoms with van der Waals surface area (Å²) in [5.41, 5.74) is 2.20. The van der Waals surface area contributed by atoms with Gasteiger partial charge in [0.25, 0.3) is 11.8 Å². The second-order valence-electron chi connectivity index (χ2n) is 7.50. The molecule has 3 amide bonds. The number of aromatic nitrogens is 1. The number of benzene rings is 1. The monoisotopic (exact) mass is 404 g/mol. The zero-order valence-corrected chi connectivity index (χ0v) is 16.4. The molecule has 3 aromatic rings. The van der Waals surface area contributed by atoms with Crippen LogP contribution in [0.25, 0.3) is 11.3 Å². The van der Waals surface area contributed by atoms with Crippen molar-refractivity contribution in [3.63, 3.8) is 0 Å². The summed E-state index contributed by atoms with van der Waals surface area (Å²) in [7, 11) is 1.80. The van der Waals surface area contributed by atoms with Crippen LogP contribution in [0.3, 0.4) is 0 Å². The van der Waals surface area contributed by atoms with Crippen LogP contribution in [0.4, 0.5) is 5.69 Å². The first-order valence-corrected chi connectivity index (χ1v) is 9.73. The quantitative estimate of drug-likeness (QED) is 0.709. The lowest BCUT2D eigenvalue weighted by Crippen LogP contribution is -2.59. The summed E-state index contributed by atoms with van der Waals surface area (Å²) in [5.74, 6) is -0.0232. The van der Waals surface area contributed by atoms with Crippen molar-refractivity contribution >= 4 is 23.4 Å². The Hall–Kier alpha value is -3.81. The van der Waals surface area contributed by atoms with E-state index in [0.717, 1.165) is 5.56 Å². The molecule has 1 atom stereocenters. The van der Waals surface area contributed by atoms with Gasteiger partial charge in [0, 0.05) is 31.9 Å². The van der Waals surface area contributed by atoms with Gasteiger partial charge >= 0.3 is 0 Å². The maximum absolute atomic E-state index is 13.3. The Morgan fingerprint density at radius 1 is 1.13 bits per heavy atom. The smallest absolute Gasteiger partial charge is 0.270 e. The van der Waals surface area contributed by atoms with Crippen LogP contribution in [0.15, 0.2) is 59.3 Å². The van der Waals surface area contributed by atoms with E-state index in [1.165, 1.54) is 0 Å². The Morgan fingerprint density at radius 3 is 2.73 bits per heavy atom. The summed E-state index contributed by atoms with van der Waals surface area (Å²) in [6.07, 6.45) is 3.38. The molecular weight excluding hydrogens is 384 g/mol. The van der Waals surface area contributed by atoms with E-state index < -0.39 is 6.04 Å². The van der Waals surface area contributed by atoms with Crippen LogP contribution < -0.4 is 5.32 Å². The van der Waals surface area contributed by atoms with Crippen LogP contribution in [-0.4, -0.2) is 57.8 Å². The summed E-state index contributed by atoms with van der Waals surface area (Å²) in [6.45, 7) is 0.810. The van der Waals surface area contributed by atoms with E-state index in [2.05, 4.69) is 5.32 Å². The number of amides is 3. The maximum atomic E-state index is 13.3. The molecule has 30 heavy (non-hydrogen) atoms. The second-order valence-corrected chi connectivity index (χ2v) is 7.50. The van der Waals surface area contributed by atoms with Crippen molar-refractivity contribution in [2.75, 3.05) is 25.0 Å². The van der Waals surface area contributed by atoms with E-state index >= 15 is 0 Å². The minimum atomic E-state index is -0.741. The van der Waals surface area contributed by atoms with Gasteiger partial charge in [0.2, 0.25) is 5.91 Å². The lowest BCUT2D eigenvalue weighted by atomic mass is 10.1. The fraction of sp³-hybridized carbons (Fsp3) is 0.227. The van der Waals surface area contributed by atoms with Crippen molar-refractivity contribution in [3.8, 4) is 11.3 Å². The Kier molecular flexibility index (Phi) is 4.20. The fourth-order valence-electron chi connectivity index (χ4n) is 4.08. The van der Waals surface area contributed by atoms with Gasteiger partial charge in [-0.15, -0.1) is 0 Å². The van der Waals surface area contributed by atoms with Crippen LogP contribution >= 0.6 is 0 Å². The highest BCUT2D eigenvalue weighted by Gasteiger charge is 2.40. The lowest BCUT2D eigenvalue weighted by Gasteiger charge is -2.39. The van der Waals surface area contributed by atoms with E-state index in [9.17, 15) is 14.4 Å². The average molecular weight is 404 g/mol. The van der Waals surface area contributed by atoms with Crippen LogP contribution in [0.5, 0.6) is 0 Å². The summed E-state index contributed by atoms with van der Waals surface area (Å²) in [6, 6.07) is 11.7. The number of carbonyl (C=O) groups excluding carboxylic acids is 3. The Balaban J connectivity index is 1.44. The number of hydrogen-bond acceptors (Lipinski definition) is 4. The van der Waals surface area contributed by atoms with Crippen LogP contribution in [-0.2, 0) is 11.8 Å². The summed E-state index contributed by atoms with van der Waals surface area (Å²) >= 11 is 0. The van der Waals surface area contributed by atoms with Crippen molar-refractivity contribution < 1.29 is 18.8 Å². The normalized spacial score (nSPS) is 18.5. The molecule has 2 aliphatic heterocycles. The SMILES string of the molecule is Cn1cccc1C(=O)N1CCN2C(=O)c3cc(-c4ccco4)ccc3NC(=O)[C@@H]2C1. The minimum absolute atomic E-state index is 0.149. The lowest BCUT2D eigenvalue weighted by molar-refractivity contribution is -0.121. The number of anilines is 1. The fourth-order valence-corrected chi connectivity index (χ4v) is 4.08. The molecule has 8 heteroatoms. The molecule has 0 radical (unpaired) electrons. The first-order chi connectivity index (χ1) is 14.5. The van der Waals surface area contributed by atoms with Gasteiger partial charge in [0.05, 0.1) is 24.1 Å². The van der Waals surface area contributed by atoms with Crippen molar-refractivity contribution in [1.82, 2.24) is 14.4 Å². The number of fused-ring (bicyclic) bond motifs is 2. The molecule has 1 N–H and O–H groups in total. The van der Waals surface area contributed by atoms with Gasteiger partial charge in [0.1, 0.15) is 17.5 Å². The van der Waals surface area contributed by atoms with Crippen molar-refractivity contribution in [2.45, 2.75) is 6.04 Å². The predicted molar refractivity (Wildman–Crippen MR) is 109 cm³/mol. The zero-order valence-electron chi connectivity index (χ0n) is 16.4. The largest absolute Gasteiger partial charge is 0.464 e. The number of hydrogen-bond donors (Lipinski definition) is 1. The molecule has 0 unspecified atom stereocenters. The summed E-state index contributed by atoms with van der Waals surface area (Å²) < 4.78 is 7.18. The van der Waals surface area contributed by atoms with Gasteiger partial charge in [-0.2, -0.15) is 0 Å². The van der Waals surface area contributed by atoms with Gasteiger partial charge < -0.3 is 24.1 Å². The molecule has 1 saturated heterocycles. The van der Waals surface area contributed by atoms with Crippen molar-refractivity contribution in [1.29, 1.82) is 0 Å². The first-order valence-electron chi connectivity index (χ1n) is 9.73. The molecule has 2 aliphatic rings. The van der Waals surface area contributed by atoms with E-state index in [4.69, 9.17) is 4.42 Å². The number of furan rings is 1. The van der Waals surface area contributed by atoms with Crippen LogP contribution in [0.1, 0.15) is 20.8 Å². The molecule has 0 spiro atoms. The maximum Gasteiger partial charge on any atom is 0.270 e. The highest BCUT2D eigenvalue weighted by molar-refractivity contribution is 6.11. The number of aryl methyl sites for hydroxylation is 1. The van der Waals surface area contributed by atoms with E-state index in [1.54, 1.807) is 70.3 Å². The number of rotatable bonds is 2. The Morgan fingerprint density at radius 2 is 2.00 bits per heavy atom. The molecule has 2 aromatic heterocycles. The topological polar surface area (TPSA) is 87.8 Å². The summed E-state index contributed by atoms with van der Waals surface area (Å²) in [4.78, 5) is 42.3. The van der Waals surface area contributed by atoms with Crippen molar-refractivity contribution in [3.05, 3.63) is 66.2 Å². The average Bonchev–Trinajstić information content (AvgIpc) is 3.42. The molecule has 152 valence electrons. The van der Waals surface area contributed by atoms with Crippen LogP contribution in [0, 0.1) is 0 Å². The molecule has 8 nitrogen and oxygen atoms in total. The predicted octanol–water partition coefficient (Wildman–Crippen LogP) is 2.20. The Bertz CT molecular complexity index is 1150. The van der Waals surface area contributed by atoms with Gasteiger partial charge in [-0.05, 0) is 42.5 Å². The molecule has 1 aromatic carbocycles. The van der Waals surface area contributed by atoms with Gasteiger partial charge in [-0.25, -0.2) is 0 Å². The van der Waals surface area contributed by atoms with Gasteiger partial charge in [-0.3, -0.25) is 14.4 Å². The molecule has 0 aliphatic carbocycles. The minimum Gasteiger partial charge on any atom is -0.464 e. The third kappa shape index (κ3) is 2.88. The highest BCUT2D eigenvalue weighted by atomic mass is 16.3. The molecule has 1 fully saturated rings. The third-order valence-electron chi connectivity index (χ3n) is 5.71. The summed E-state index contributed by atoms with van der Waals surface area (Å²) in [5, 5.41) is 2.85. The number of piperazine rings is 1. The van der Waals surface area contributed by atoms with E-state index in [0.29, 0.717) is 29.2 Å². The zero-order chi connectivity index (χ0) is 20.8. The second kappa shape index (κ2) is 6.91. The van der Waals surface area contributed by atoms with Crippen molar-refractivity contribution in [2.24, 2.45) is 7.05 Å². The molecule has 0 saturated carbocycles. The highest BCUT2D eigenvalue weighted by Crippen LogP contribution is 2.30. The third-order valence-corrected chi connectivity index (χ3v) is 5.71.